The van der Waals surface area contributed by atoms with Crippen LogP contribution in [-0.4, -0.2) is 32.8 Å². The maximum absolute atomic E-state index is 8.47. The van der Waals surface area contributed by atoms with Crippen molar-refractivity contribution in [3.8, 4) is 17.2 Å². The Morgan fingerprint density at radius 2 is 1.73 bits per heavy atom. The topological polar surface area (TPSA) is 60.3 Å². The second kappa shape index (κ2) is 5.09. The lowest BCUT2D eigenvalue weighted by Crippen LogP contribution is -1.98. The van der Waals surface area contributed by atoms with Gasteiger partial charge in [-0.2, -0.15) is 0 Å². The van der Waals surface area contributed by atoms with Crippen LogP contribution in [-0.2, 0) is 0 Å². The average Bonchev–Trinajstić information content (AvgIpc) is 2.28. The summed E-state index contributed by atoms with van der Waals surface area (Å²) in [5.41, 5.74) is 0.609. The van der Waals surface area contributed by atoms with E-state index in [1.54, 1.807) is 12.1 Å². The van der Waals surface area contributed by atoms with Crippen LogP contribution in [0.2, 0.25) is 0 Å². The first-order chi connectivity index (χ1) is 7.28. The summed E-state index contributed by atoms with van der Waals surface area (Å²) in [5.74, 6) is 1.50. The van der Waals surface area contributed by atoms with Crippen molar-refractivity contribution >= 4 is 6.21 Å². The van der Waals surface area contributed by atoms with E-state index >= 15 is 0 Å². The molecule has 0 saturated carbocycles. The summed E-state index contributed by atoms with van der Waals surface area (Å²) >= 11 is 0. The fourth-order valence-electron chi connectivity index (χ4n) is 1.29. The molecule has 0 saturated heterocycles. The first kappa shape index (κ1) is 11.2. The Morgan fingerprint density at radius 3 is 2.20 bits per heavy atom. The van der Waals surface area contributed by atoms with E-state index in [0.29, 0.717) is 22.8 Å². The van der Waals surface area contributed by atoms with E-state index in [1.807, 2.05) is 0 Å². The van der Waals surface area contributed by atoms with Crippen molar-refractivity contribution in [3.63, 3.8) is 0 Å². The molecule has 0 spiro atoms. The summed E-state index contributed by atoms with van der Waals surface area (Å²) in [6, 6.07) is 3.41. The number of hydrogen-bond donors (Lipinski definition) is 1. The molecule has 1 rings (SSSR count). The first-order valence-electron chi connectivity index (χ1n) is 4.24. The van der Waals surface area contributed by atoms with Crippen LogP contribution in [0, 0.1) is 0 Å². The van der Waals surface area contributed by atoms with E-state index < -0.39 is 0 Å². The first-order valence-corrected chi connectivity index (χ1v) is 4.24. The third kappa shape index (κ3) is 2.12. The Balaban J connectivity index is 3.33. The van der Waals surface area contributed by atoms with Crippen molar-refractivity contribution in [2.75, 3.05) is 21.3 Å². The quantitative estimate of drug-likeness (QED) is 0.466. The van der Waals surface area contributed by atoms with E-state index in [-0.39, 0.29) is 0 Å². The van der Waals surface area contributed by atoms with Gasteiger partial charge in [0.05, 0.1) is 27.5 Å². The van der Waals surface area contributed by atoms with E-state index in [0.717, 1.165) is 0 Å². The predicted octanol–water partition coefficient (Wildman–Crippen LogP) is 1.52. The highest BCUT2D eigenvalue weighted by Crippen LogP contribution is 2.38. The van der Waals surface area contributed by atoms with E-state index in [4.69, 9.17) is 19.4 Å². The van der Waals surface area contributed by atoms with Crippen molar-refractivity contribution < 1.29 is 19.4 Å². The van der Waals surface area contributed by atoms with Gasteiger partial charge in [0.1, 0.15) is 0 Å². The molecular formula is C10H13NO4. The van der Waals surface area contributed by atoms with Crippen molar-refractivity contribution in [1.82, 2.24) is 0 Å². The van der Waals surface area contributed by atoms with Crippen molar-refractivity contribution in [2.24, 2.45) is 5.16 Å². The lowest BCUT2D eigenvalue weighted by atomic mass is 10.2. The maximum atomic E-state index is 8.47. The minimum Gasteiger partial charge on any atom is -0.493 e. The van der Waals surface area contributed by atoms with Gasteiger partial charge < -0.3 is 19.4 Å². The average molecular weight is 211 g/mol. The minimum atomic E-state index is 0.467. The summed E-state index contributed by atoms with van der Waals surface area (Å²) in [5, 5.41) is 11.4. The van der Waals surface area contributed by atoms with Gasteiger partial charge in [-0.05, 0) is 12.1 Å². The standard InChI is InChI=1S/C10H13NO4/c1-13-8-5-4-7(6-11-12)9(14-2)10(8)15-3/h4-6,12H,1-3H3/b11-6-. The zero-order valence-corrected chi connectivity index (χ0v) is 8.85. The molecule has 0 fully saturated rings. The Labute approximate surface area is 87.9 Å². The van der Waals surface area contributed by atoms with Crippen LogP contribution in [0.1, 0.15) is 5.56 Å². The molecular weight excluding hydrogens is 198 g/mol. The van der Waals surface area contributed by atoms with Gasteiger partial charge in [-0.15, -0.1) is 0 Å². The van der Waals surface area contributed by atoms with Gasteiger partial charge in [-0.25, -0.2) is 0 Å². The Bertz CT molecular complexity index is 363. The molecule has 0 heterocycles. The normalized spacial score (nSPS) is 10.3. The molecule has 0 bridgehead atoms. The zero-order chi connectivity index (χ0) is 11.3. The van der Waals surface area contributed by atoms with Crippen molar-refractivity contribution in [1.29, 1.82) is 0 Å². The molecule has 82 valence electrons. The number of methoxy groups -OCH3 is 3. The molecule has 0 aliphatic carbocycles. The predicted molar refractivity (Wildman–Crippen MR) is 55.5 cm³/mol. The molecule has 0 radical (unpaired) electrons. The molecule has 0 atom stereocenters. The van der Waals surface area contributed by atoms with Crippen LogP contribution in [0.3, 0.4) is 0 Å². The third-order valence-corrected chi connectivity index (χ3v) is 1.93. The van der Waals surface area contributed by atoms with Crippen LogP contribution in [0.25, 0.3) is 0 Å². The summed E-state index contributed by atoms with van der Waals surface area (Å²) in [4.78, 5) is 0. The molecule has 0 amide bonds. The number of rotatable bonds is 4. The summed E-state index contributed by atoms with van der Waals surface area (Å²) in [6.45, 7) is 0. The smallest absolute Gasteiger partial charge is 0.203 e. The minimum absolute atomic E-state index is 0.467. The highest BCUT2D eigenvalue weighted by Gasteiger charge is 2.14. The highest BCUT2D eigenvalue weighted by molar-refractivity contribution is 5.85. The Morgan fingerprint density at radius 1 is 1.07 bits per heavy atom. The molecule has 1 N–H and O–H groups in total. The number of hydrogen-bond acceptors (Lipinski definition) is 5. The van der Waals surface area contributed by atoms with Gasteiger partial charge in [-0.1, -0.05) is 5.16 Å². The number of nitrogens with zero attached hydrogens (tertiary/aromatic N) is 1. The maximum Gasteiger partial charge on any atom is 0.203 e. The van der Waals surface area contributed by atoms with Gasteiger partial charge in [0.15, 0.2) is 11.5 Å². The fraction of sp³-hybridized carbons (Fsp3) is 0.300. The molecule has 15 heavy (non-hydrogen) atoms. The molecule has 0 unspecified atom stereocenters. The Kier molecular flexibility index (Phi) is 3.79. The fourth-order valence-corrected chi connectivity index (χ4v) is 1.29. The van der Waals surface area contributed by atoms with E-state index in [1.165, 1.54) is 27.5 Å². The molecule has 0 aromatic heterocycles. The van der Waals surface area contributed by atoms with Crippen molar-refractivity contribution in [3.05, 3.63) is 17.7 Å². The summed E-state index contributed by atoms with van der Waals surface area (Å²) in [6.07, 6.45) is 1.26. The van der Waals surface area contributed by atoms with Gasteiger partial charge in [0.2, 0.25) is 5.75 Å². The van der Waals surface area contributed by atoms with Gasteiger partial charge in [-0.3, -0.25) is 0 Å². The molecule has 5 nitrogen and oxygen atoms in total. The SMILES string of the molecule is COc1ccc(/C=N\O)c(OC)c1OC. The summed E-state index contributed by atoms with van der Waals surface area (Å²) < 4.78 is 15.4. The highest BCUT2D eigenvalue weighted by atomic mass is 16.5. The molecule has 1 aromatic carbocycles. The number of oxime groups is 1. The lowest BCUT2D eigenvalue weighted by molar-refractivity contribution is 0.318. The second-order valence-electron chi connectivity index (χ2n) is 2.67. The third-order valence-electron chi connectivity index (χ3n) is 1.93. The van der Waals surface area contributed by atoms with Gasteiger partial charge >= 0.3 is 0 Å². The van der Waals surface area contributed by atoms with Crippen molar-refractivity contribution in [2.45, 2.75) is 0 Å². The number of benzene rings is 1. The van der Waals surface area contributed by atoms with Crippen LogP contribution >= 0.6 is 0 Å². The van der Waals surface area contributed by atoms with Gasteiger partial charge in [0, 0.05) is 5.56 Å². The second-order valence-corrected chi connectivity index (χ2v) is 2.67. The molecule has 0 aliphatic heterocycles. The van der Waals surface area contributed by atoms with Crippen LogP contribution < -0.4 is 14.2 Å². The van der Waals surface area contributed by atoms with E-state index in [9.17, 15) is 0 Å². The largest absolute Gasteiger partial charge is 0.493 e. The lowest BCUT2D eigenvalue weighted by Gasteiger charge is -2.13. The molecule has 1 aromatic rings. The number of ether oxygens (including phenoxy) is 3. The van der Waals surface area contributed by atoms with E-state index in [2.05, 4.69) is 5.16 Å². The zero-order valence-electron chi connectivity index (χ0n) is 8.85. The Hall–Kier alpha value is -1.91. The summed E-state index contributed by atoms with van der Waals surface area (Å²) in [7, 11) is 4.56. The van der Waals surface area contributed by atoms with Crippen LogP contribution in [0.15, 0.2) is 17.3 Å². The molecule has 5 heteroatoms. The van der Waals surface area contributed by atoms with Gasteiger partial charge in [0.25, 0.3) is 0 Å². The van der Waals surface area contributed by atoms with Crippen LogP contribution in [0.5, 0.6) is 17.2 Å². The van der Waals surface area contributed by atoms with Crippen LogP contribution in [0.4, 0.5) is 0 Å². The monoisotopic (exact) mass is 211 g/mol. The molecule has 0 aliphatic rings.